The maximum absolute atomic E-state index is 4.90. The third-order valence-corrected chi connectivity index (χ3v) is 4.28. The Kier molecular flexibility index (Phi) is 3.81. The standard InChI is InChI=1S/C16H26N4/c1-4-17-14-11(3)16(19-15(18-14)13-8-9-13)20(5-2)10-12-6-7-12/h12-13H,4-10H2,1-3H3,(H,17,18,19). The Balaban J connectivity index is 1.92. The van der Waals surface area contributed by atoms with E-state index in [4.69, 9.17) is 9.97 Å². The molecule has 0 spiro atoms. The van der Waals surface area contributed by atoms with Gasteiger partial charge in [-0.1, -0.05) is 0 Å². The molecule has 1 aromatic heterocycles. The highest BCUT2D eigenvalue weighted by molar-refractivity contribution is 5.59. The van der Waals surface area contributed by atoms with Gasteiger partial charge in [0.2, 0.25) is 0 Å². The molecule has 1 aromatic rings. The van der Waals surface area contributed by atoms with E-state index in [1.165, 1.54) is 31.2 Å². The Bertz CT molecular complexity index is 478. The maximum atomic E-state index is 4.90. The number of aromatic nitrogens is 2. The lowest BCUT2D eigenvalue weighted by molar-refractivity contribution is 0.722. The van der Waals surface area contributed by atoms with Gasteiger partial charge in [-0.3, -0.25) is 0 Å². The van der Waals surface area contributed by atoms with Crippen molar-refractivity contribution in [3.8, 4) is 0 Å². The highest BCUT2D eigenvalue weighted by atomic mass is 15.2. The summed E-state index contributed by atoms with van der Waals surface area (Å²) in [7, 11) is 0. The molecule has 4 heteroatoms. The molecule has 0 amide bonds. The van der Waals surface area contributed by atoms with Crippen LogP contribution in [0.25, 0.3) is 0 Å². The third-order valence-electron chi connectivity index (χ3n) is 4.28. The second kappa shape index (κ2) is 5.58. The Morgan fingerprint density at radius 3 is 2.45 bits per heavy atom. The summed E-state index contributed by atoms with van der Waals surface area (Å²) in [6.45, 7) is 9.61. The largest absolute Gasteiger partial charge is 0.370 e. The van der Waals surface area contributed by atoms with E-state index >= 15 is 0 Å². The molecular weight excluding hydrogens is 248 g/mol. The van der Waals surface area contributed by atoms with Gasteiger partial charge in [0.25, 0.3) is 0 Å². The van der Waals surface area contributed by atoms with Gasteiger partial charge in [-0.2, -0.15) is 0 Å². The van der Waals surface area contributed by atoms with Crippen molar-refractivity contribution < 1.29 is 0 Å². The van der Waals surface area contributed by atoms with Gasteiger partial charge in [-0.15, -0.1) is 0 Å². The lowest BCUT2D eigenvalue weighted by atomic mass is 10.2. The van der Waals surface area contributed by atoms with Crippen LogP contribution in [0.15, 0.2) is 0 Å². The summed E-state index contributed by atoms with van der Waals surface area (Å²) in [6.07, 6.45) is 5.28. The summed E-state index contributed by atoms with van der Waals surface area (Å²) in [5.41, 5.74) is 1.21. The van der Waals surface area contributed by atoms with E-state index in [0.717, 1.165) is 43.0 Å². The van der Waals surface area contributed by atoms with E-state index in [-0.39, 0.29) is 0 Å². The van der Waals surface area contributed by atoms with Crippen molar-refractivity contribution in [2.45, 2.75) is 52.4 Å². The number of hydrogen-bond donors (Lipinski definition) is 1. The van der Waals surface area contributed by atoms with Crippen LogP contribution >= 0.6 is 0 Å². The van der Waals surface area contributed by atoms with Crippen molar-refractivity contribution in [3.63, 3.8) is 0 Å². The first-order chi connectivity index (χ1) is 9.72. The Morgan fingerprint density at radius 2 is 1.90 bits per heavy atom. The average Bonchev–Trinajstić information content (AvgIpc) is 3.32. The van der Waals surface area contributed by atoms with Crippen molar-refractivity contribution in [3.05, 3.63) is 11.4 Å². The van der Waals surface area contributed by atoms with Gasteiger partial charge in [0.15, 0.2) is 0 Å². The highest BCUT2D eigenvalue weighted by Gasteiger charge is 2.30. The van der Waals surface area contributed by atoms with Gasteiger partial charge < -0.3 is 10.2 Å². The number of hydrogen-bond acceptors (Lipinski definition) is 4. The fourth-order valence-electron chi connectivity index (χ4n) is 2.67. The summed E-state index contributed by atoms with van der Waals surface area (Å²) in [5, 5.41) is 3.41. The molecule has 0 unspecified atom stereocenters. The minimum Gasteiger partial charge on any atom is -0.370 e. The van der Waals surface area contributed by atoms with Crippen molar-refractivity contribution in [2.75, 3.05) is 29.9 Å². The highest BCUT2D eigenvalue weighted by Crippen LogP contribution is 2.40. The van der Waals surface area contributed by atoms with E-state index in [0.29, 0.717) is 5.92 Å². The van der Waals surface area contributed by atoms with E-state index in [1.54, 1.807) is 0 Å². The number of anilines is 2. The molecule has 0 aliphatic heterocycles. The Hall–Kier alpha value is -1.32. The van der Waals surface area contributed by atoms with E-state index < -0.39 is 0 Å². The minimum absolute atomic E-state index is 0.603. The smallest absolute Gasteiger partial charge is 0.137 e. The summed E-state index contributed by atoms with van der Waals surface area (Å²) < 4.78 is 0. The normalized spacial score (nSPS) is 18.1. The van der Waals surface area contributed by atoms with Crippen molar-refractivity contribution in [2.24, 2.45) is 5.92 Å². The molecule has 0 saturated heterocycles. The maximum Gasteiger partial charge on any atom is 0.137 e. The lowest BCUT2D eigenvalue weighted by Gasteiger charge is -2.25. The molecular formula is C16H26N4. The summed E-state index contributed by atoms with van der Waals surface area (Å²) >= 11 is 0. The molecule has 2 aliphatic carbocycles. The molecule has 4 nitrogen and oxygen atoms in total. The molecule has 0 aromatic carbocycles. The zero-order valence-electron chi connectivity index (χ0n) is 12.9. The van der Waals surface area contributed by atoms with Crippen molar-refractivity contribution in [1.29, 1.82) is 0 Å². The van der Waals surface area contributed by atoms with Gasteiger partial charge in [-0.25, -0.2) is 9.97 Å². The first-order valence-corrected chi connectivity index (χ1v) is 8.10. The molecule has 20 heavy (non-hydrogen) atoms. The SMILES string of the molecule is CCNc1nc(C2CC2)nc(N(CC)CC2CC2)c1C. The van der Waals surface area contributed by atoms with Crippen LogP contribution in [0.2, 0.25) is 0 Å². The fraction of sp³-hybridized carbons (Fsp3) is 0.750. The molecule has 2 saturated carbocycles. The lowest BCUT2D eigenvalue weighted by Crippen LogP contribution is -2.28. The number of rotatable bonds is 7. The van der Waals surface area contributed by atoms with Crippen LogP contribution in [0.3, 0.4) is 0 Å². The van der Waals surface area contributed by atoms with Crippen LogP contribution < -0.4 is 10.2 Å². The first-order valence-electron chi connectivity index (χ1n) is 8.10. The van der Waals surface area contributed by atoms with Crippen LogP contribution in [0.4, 0.5) is 11.6 Å². The molecule has 0 bridgehead atoms. The van der Waals surface area contributed by atoms with Crippen molar-refractivity contribution >= 4 is 11.6 Å². The van der Waals surface area contributed by atoms with Gasteiger partial charge in [-0.05, 0) is 52.4 Å². The molecule has 0 radical (unpaired) electrons. The predicted octanol–water partition coefficient (Wildman–Crippen LogP) is 3.33. The van der Waals surface area contributed by atoms with Gasteiger partial charge in [0, 0.05) is 31.1 Å². The van der Waals surface area contributed by atoms with Gasteiger partial charge >= 0.3 is 0 Å². The number of nitrogens with one attached hydrogen (secondary N) is 1. The number of nitrogens with zero attached hydrogens (tertiary/aromatic N) is 3. The second-order valence-electron chi connectivity index (χ2n) is 6.17. The summed E-state index contributed by atoms with van der Waals surface area (Å²) in [6, 6.07) is 0. The summed E-state index contributed by atoms with van der Waals surface area (Å²) in [5.74, 6) is 4.74. The van der Waals surface area contributed by atoms with Crippen LogP contribution in [0.5, 0.6) is 0 Å². The zero-order chi connectivity index (χ0) is 14.1. The molecule has 110 valence electrons. The van der Waals surface area contributed by atoms with Crippen LogP contribution in [0.1, 0.15) is 56.8 Å². The average molecular weight is 274 g/mol. The third kappa shape index (κ3) is 2.89. The predicted molar refractivity (Wildman–Crippen MR) is 83.5 cm³/mol. The Labute approximate surface area is 122 Å². The molecule has 1 heterocycles. The zero-order valence-corrected chi connectivity index (χ0v) is 12.9. The van der Waals surface area contributed by atoms with E-state index in [9.17, 15) is 0 Å². The molecule has 0 atom stereocenters. The van der Waals surface area contributed by atoms with Gasteiger partial charge in [0.1, 0.15) is 17.5 Å². The first kappa shape index (κ1) is 13.7. The van der Waals surface area contributed by atoms with Crippen LogP contribution in [0, 0.1) is 12.8 Å². The summed E-state index contributed by atoms with van der Waals surface area (Å²) in [4.78, 5) is 12.1. The van der Waals surface area contributed by atoms with Crippen molar-refractivity contribution in [1.82, 2.24) is 9.97 Å². The molecule has 1 N–H and O–H groups in total. The van der Waals surface area contributed by atoms with Crippen LogP contribution in [-0.2, 0) is 0 Å². The van der Waals surface area contributed by atoms with Crippen LogP contribution in [-0.4, -0.2) is 29.6 Å². The molecule has 2 aliphatic rings. The second-order valence-corrected chi connectivity index (χ2v) is 6.17. The molecule has 2 fully saturated rings. The quantitative estimate of drug-likeness (QED) is 0.828. The topological polar surface area (TPSA) is 41.1 Å². The fourth-order valence-corrected chi connectivity index (χ4v) is 2.67. The van der Waals surface area contributed by atoms with E-state index in [2.05, 4.69) is 31.0 Å². The molecule has 3 rings (SSSR count). The Morgan fingerprint density at radius 1 is 1.15 bits per heavy atom. The monoisotopic (exact) mass is 274 g/mol. The van der Waals surface area contributed by atoms with E-state index in [1.807, 2.05) is 0 Å². The minimum atomic E-state index is 0.603. The van der Waals surface area contributed by atoms with Gasteiger partial charge in [0.05, 0.1) is 0 Å².